The summed E-state index contributed by atoms with van der Waals surface area (Å²) in [6, 6.07) is 0.965. The first kappa shape index (κ1) is 23.6. The summed E-state index contributed by atoms with van der Waals surface area (Å²) >= 11 is 0. The van der Waals surface area contributed by atoms with Crippen LogP contribution in [0.2, 0.25) is 0 Å². The van der Waals surface area contributed by atoms with Crippen LogP contribution in [0.25, 0.3) is 0 Å². The van der Waals surface area contributed by atoms with E-state index in [0.717, 1.165) is 24.4 Å². The Morgan fingerprint density at radius 1 is 1.28 bits per heavy atom. The molecular weight excluding hydrogens is 396 g/mol. The van der Waals surface area contributed by atoms with Gasteiger partial charge in [-0.2, -0.15) is 4.31 Å². The Balaban J connectivity index is 2.00. The van der Waals surface area contributed by atoms with E-state index in [1.165, 1.54) is 4.31 Å². The molecule has 1 atom stereocenters. The van der Waals surface area contributed by atoms with Crippen molar-refractivity contribution in [3.8, 4) is 0 Å². The minimum absolute atomic E-state index is 0.00473. The summed E-state index contributed by atoms with van der Waals surface area (Å²) in [4.78, 5) is 25.1. The summed E-state index contributed by atoms with van der Waals surface area (Å²) in [6.45, 7) is 6.88. The summed E-state index contributed by atoms with van der Waals surface area (Å²) in [5.41, 5.74) is 2.31. The molecule has 9 heteroatoms. The number of carbonyl (C=O) groups excluding carboxylic acids is 2. The number of Topliss-reactive ketones (excluding diaryl/α,β-unsaturated/α-hetero) is 1. The molecule has 2 rings (SSSR count). The molecule has 8 nitrogen and oxygen atoms in total. The van der Waals surface area contributed by atoms with Gasteiger partial charge in [-0.15, -0.1) is 0 Å². The topological polar surface area (TPSA) is 94.9 Å². The van der Waals surface area contributed by atoms with E-state index in [0.29, 0.717) is 38.0 Å². The van der Waals surface area contributed by atoms with Gasteiger partial charge in [-0.05, 0) is 45.6 Å². The number of hydrogen-bond donors (Lipinski definition) is 0. The Labute approximate surface area is 173 Å². The monoisotopic (exact) mass is 428 g/mol. The number of rotatable bonds is 11. The minimum atomic E-state index is -3.48. The number of ether oxygens (including phenoxy) is 2. The molecule has 0 saturated carbocycles. The number of aromatic nitrogens is 1. The zero-order valence-corrected chi connectivity index (χ0v) is 18.6. The second kappa shape index (κ2) is 10.4. The number of aryl methyl sites for hydroxylation is 1. The van der Waals surface area contributed by atoms with E-state index in [1.54, 1.807) is 20.1 Å². The zero-order valence-electron chi connectivity index (χ0n) is 17.8. The normalized spacial score (nSPS) is 17.6. The lowest BCUT2D eigenvalue weighted by Crippen LogP contribution is -2.42. The predicted molar refractivity (Wildman–Crippen MR) is 109 cm³/mol. The van der Waals surface area contributed by atoms with Gasteiger partial charge in [0.05, 0.1) is 5.75 Å². The molecule has 1 aliphatic heterocycles. The van der Waals surface area contributed by atoms with Crippen molar-refractivity contribution in [1.82, 2.24) is 8.87 Å². The molecule has 1 unspecified atom stereocenters. The Morgan fingerprint density at radius 3 is 2.66 bits per heavy atom. The van der Waals surface area contributed by atoms with E-state index in [2.05, 4.69) is 0 Å². The Morgan fingerprint density at radius 2 is 2.00 bits per heavy atom. The molecule has 1 fully saturated rings. The Kier molecular flexibility index (Phi) is 8.42. The lowest BCUT2D eigenvalue weighted by molar-refractivity contribution is -0.146. The van der Waals surface area contributed by atoms with Gasteiger partial charge in [0, 0.05) is 43.8 Å². The average molecular weight is 429 g/mol. The highest BCUT2D eigenvalue weighted by Gasteiger charge is 2.39. The summed E-state index contributed by atoms with van der Waals surface area (Å²) in [7, 11) is -1.83. The van der Waals surface area contributed by atoms with Crippen molar-refractivity contribution >= 4 is 21.8 Å². The van der Waals surface area contributed by atoms with Crippen LogP contribution in [0.5, 0.6) is 0 Å². The smallest absolute Gasteiger partial charge is 0.324 e. The second-order valence-corrected chi connectivity index (χ2v) is 9.44. The van der Waals surface area contributed by atoms with Crippen molar-refractivity contribution in [2.75, 3.05) is 32.6 Å². The third kappa shape index (κ3) is 5.67. The van der Waals surface area contributed by atoms with Gasteiger partial charge in [0.2, 0.25) is 15.8 Å². The number of methoxy groups -OCH3 is 1. The van der Waals surface area contributed by atoms with Crippen LogP contribution in [0, 0.1) is 13.8 Å². The fourth-order valence-corrected chi connectivity index (χ4v) is 5.53. The Bertz CT molecular complexity index is 830. The van der Waals surface area contributed by atoms with Crippen LogP contribution >= 0.6 is 0 Å². The summed E-state index contributed by atoms with van der Waals surface area (Å²) in [6.07, 6.45) is 2.35. The first-order chi connectivity index (χ1) is 13.7. The van der Waals surface area contributed by atoms with E-state index < -0.39 is 22.0 Å². The van der Waals surface area contributed by atoms with E-state index in [1.807, 2.05) is 18.4 Å². The SMILES string of the molecule is CCCS(=O)(=O)N1CCCC1C(=O)OCC(=O)c1cc(C)n(CCCOC)c1C. The van der Waals surface area contributed by atoms with E-state index in [-0.39, 0.29) is 18.1 Å². The van der Waals surface area contributed by atoms with Crippen LogP contribution in [-0.2, 0) is 30.8 Å². The standard InChI is InChI=1S/C20H32N2O6S/c1-5-12-29(25,26)22-10-6-8-18(22)20(24)28-14-19(23)17-13-15(2)21(16(17)3)9-7-11-27-4/h13,18H,5-12,14H2,1-4H3. The van der Waals surface area contributed by atoms with Gasteiger partial charge in [0.25, 0.3) is 0 Å². The maximum atomic E-state index is 12.6. The number of carbonyl (C=O) groups is 2. The number of hydrogen-bond acceptors (Lipinski definition) is 6. The van der Waals surface area contributed by atoms with Crippen molar-refractivity contribution < 1.29 is 27.5 Å². The van der Waals surface area contributed by atoms with Crippen LogP contribution in [0.1, 0.15) is 54.4 Å². The van der Waals surface area contributed by atoms with Gasteiger partial charge < -0.3 is 14.0 Å². The van der Waals surface area contributed by atoms with Crippen molar-refractivity contribution in [3.05, 3.63) is 23.0 Å². The van der Waals surface area contributed by atoms with Gasteiger partial charge in [0.1, 0.15) is 6.04 Å². The van der Waals surface area contributed by atoms with Gasteiger partial charge in [-0.1, -0.05) is 6.92 Å². The lowest BCUT2D eigenvalue weighted by Gasteiger charge is -2.22. The average Bonchev–Trinajstić information content (AvgIpc) is 3.27. The Hall–Kier alpha value is -1.71. The van der Waals surface area contributed by atoms with Crippen molar-refractivity contribution in [2.24, 2.45) is 0 Å². The maximum Gasteiger partial charge on any atom is 0.324 e. The number of nitrogens with zero attached hydrogens (tertiary/aromatic N) is 2. The van der Waals surface area contributed by atoms with Crippen LogP contribution in [0.4, 0.5) is 0 Å². The highest BCUT2D eigenvalue weighted by molar-refractivity contribution is 7.89. The second-order valence-electron chi connectivity index (χ2n) is 7.40. The van der Waals surface area contributed by atoms with Gasteiger partial charge in [0.15, 0.2) is 6.61 Å². The molecule has 0 amide bonds. The van der Waals surface area contributed by atoms with E-state index in [9.17, 15) is 18.0 Å². The molecule has 1 aromatic heterocycles. The molecule has 2 heterocycles. The van der Waals surface area contributed by atoms with E-state index in [4.69, 9.17) is 9.47 Å². The fraction of sp³-hybridized carbons (Fsp3) is 0.700. The molecule has 0 radical (unpaired) electrons. The zero-order chi connectivity index (χ0) is 21.6. The highest BCUT2D eigenvalue weighted by Crippen LogP contribution is 2.23. The predicted octanol–water partition coefficient (Wildman–Crippen LogP) is 2.07. The summed E-state index contributed by atoms with van der Waals surface area (Å²) < 4.78 is 38.3. The van der Waals surface area contributed by atoms with Crippen LogP contribution in [-0.4, -0.2) is 67.7 Å². The molecule has 1 aliphatic rings. The maximum absolute atomic E-state index is 12.6. The molecular formula is C20H32N2O6S. The van der Waals surface area contributed by atoms with Crippen molar-refractivity contribution in [2.45, 2.75) is 59.0 Å². The van der Waals surface area contributed by atoms with Gasteiger partial charge >= 0.3 is 5.97 Å². The fourth-order valence-electron chi connectivity index (χ4n) is 3.79. The van der Waals surface area contributed by atoms with Crippen molar-refractivity contribution in [1.29, 1.82) is 0 Å². The first-order valence-electron chi connectivity index (χ1n) is 10.1. The van der Waals surface area contributed by atoms with E-state index >= 15 is 0 Å². The quantitative estimate of drug-likeness (QED) is 0.304. The number of ketones is 1. The lowest BCUT2D eigenvalue weighted by atomic mass is 10.1. The molecule has 0 spiro atoms. The summed E-state index contributed by atoms with van der Waals surface area (Å²) in [5, 5.41) is 0. The third-order valence-electron chi connectivity index (χ3n) is 5.24. The minimum Gasteiger partial charge on any atom is -0.456 e. The summed E-state index contributed by atoms with van der Waals surface area (Å²) in [5.74, 6) is -0.931. The molecule has 164 valence electrons. The van der Waals surface area contributed by atoms with Crippen LogP contribution < -0.4 is 0 Å². The molecule has 29 heavy (non-hydrogen) atoms. The molecule has 0 N–H and O–H groups in total. The molecule has 0 aliphatic carbocycles. The highest BCUT2D eigenvalue weighted by atomic mass is 32.2. The molecule has 0 aromatic carbocycles. The molecule has 1 saturated heterocycles. The molecule has 0 bridgehead atoms. The van der Waals surface area contributed by atoms with Crippen LogP contribution in [0.3, 0.4) is 0 Å². The van der Waals surface area contributed by atoms with Gasteiger partial charge in [-0.25, -0.2) is 8.42 Å². The number of esters is 1. The van der Waals surface area contributed by atoms with Crippen molar-refractivity contribution in [3.63, 3.8) is 0 Å². The first-order valence-corrected chi connectivity index (χ1v) is 11.7. The number of sulfonamides is 1. The third-order valence-corrected chi connectivity index (χ3v) is 7.32. The molecule has 1 aromatic rings. The van der Waals surface area contributed by atoms with Crippen LogP contribution in [0.15, 0.2) is 6.07 Å². The van der Waals surface area contributed by atoms with Gasteiger partial charge in [-0.3, -0.25) is 9.59 Å². The largest absolute Gasteiger partial charge is 0.456 e.